The predicted molar refractivity (Wildman–Crippen MR) is 283 cm³/mol. The Morgan fingerprint density at radius 3 is 1.22 bits per heavy atom. The molecule has 0 fully saturated rings. The summed E-state index contributed by atoms with van der Waals surface area (Å²) in [5.41, 5.74) is 26.4. The lowest BCUT2D eigenvalue weighted by atomic mass is 9.93. The Kier molecular flexibility index (Phi) is 10.6. The second-order valence-electron chi connectivity index (χ2n) is 17.9. The highest BCUT2D eigenvalue weighted by atomic mass is 16.3. The maximum Gasteiger partial charge on any atom is 0.137 e. The van der Waals surface area contributed by atoms with E-state index in [4.69, 9.17) is 9.40 Å². The van der Waals surface area contributed by atoms with Crippen LogP contribution in [0.4, 0.5) is 0 Å². The van der Waals surface area contributed by atoms with Gasteiger partial charge in [0.15, 0.2) is 0 Å². The Morgan fingerprint density at radius 1 is 0.353 bits per heavy atom. The first-order valence-corrected chi connectivity index (χ1v) is 23.0. The van der Waals surface area contributed by atoms with Crippen molar-refractivity contribution in [2.75, 3.05) is 0 Å². The first-order valence-electron chi connectivity index (χ1n) is 23.0. The third-order valence-corrected chi connectivity index (χ3v) is 12.8. The molecule has 0 radical (unpaired) electrons. The van der Waals surface area contributed by atoms with Crippen LogP contribution < -0.4 is 0 Å². The van der Waals surface area contributed by atoms with Crippen LogP contribution in [0.15, 0.2) is 156 Å². The lowest BCUT2D eigenvalue weighted by Gasteiger charge is -2.13. The molecule has 0 atom stereocenters. The molecule has 0 amide bonds. The molecule has 1 aliphatic rings. The van der Waals surface area contributed by atoms with Gasteiger partial charge in [-0.2, -0.15) is 0 Å². The van der Waals surface area contributed by atoms with Crippen LogP contribution in [0.2, 0.25) is 0 Å². The summed E-state index contributed by atoms with van der Waals surface area (Å²) in [6.07, 6.45) is 4.21. The van der Waals surface area contributed by atoms with Gasteiger partial charge in [-0.1, -0.05) is 89.4 Å². The van der Waals surface area contributed by atoms with E-state index < -0.39 is 0 Å². The van der Waals surface area contributed by atoms with Gasteiger partial charge in [0, 0.05) is 44.5 Å². The van der Waals surface area contributed by atoms with Gasteiger partial charge in [0.2, 0.25) is 0 Å². The van der Waals surface area contributed by atoms with Gasteiger partial charge in [0.05, 0.1) is 39.0 Å². The number of aromatic nitrogens is 4. The van der Waals surface area contributed by atoms with Crippen molar-refractivity contribution in [3.8, 4) is 57.1 Å². The number of hydrogen-bond donors (Lipinski definition) is 3. The molecule has 326 valence electrons. The fourth-order valence-electron chi connectivity index (χ4n) is 9.88. The Hall–Kier alpha value is -8.77. The van der Waals surface area contributed by atoms with Crippen molar-refractivity contribution in [2.24, 2.45) is 0 Å². The van der Waals surface area contributed by atoms with E-state index >= 15 is 0 Å². The summed E-state index contributed by atoms with van der Waals surface area (Å²) in [6.45, 7) is 13.1. The van der Waals surface area contributed by atoms with E-state index in [-0.39, 0.29) is 0 Å². The minimum absolute atomic E-state index is 0.785. The molecule has 6 heterocycles. The maximum absolute atomic E-state index is 7.12. The van der Waals surface area contributed by atoms with Crippen molar-refractivity contribution in [3.05, 3.63) is 219 Å². The molecule has 5 nitrogen and oxygen atoms in total. The van der Waals surface area contributed by atoms with Crippen LogP contribution in [0, 0.1) is 65.2 Å². The Bertz CT molecular complexity index is 3910. The van der Waals surface area contributed by atoms with Crippen molar-refractivity contribution in [2.45, 2.75) is 41.5 Å². The van der Waals surface area contributed by atoms with Gasteiger partial charge in [-0.3, -0.25) is 0 Å². The average Bonchev–Trinajstić information content (AvgIpc) is 4.20. The number of H-pyrrole nitrogens is 3. The second kappa shape index (κ2) is 17.2. The zero-order chi connectivity index (χ0) is 46.5. The number of nitrogens with zero attached hydrogens (tertiary/aromatic N) is 1. The molecule has 0 saturated carbocycles. The third kappa shape index (κ3) is 8.02. The maximum atomic E-state index is 7.12. The monoisotopic (exact) mass is 876 g/mol. The molecule has 0 saturated heterocycles. The Morgan fingerprint density at radius 2 is 0.735 bits per heavy atom. The van der Waals surface area contributed by atoms with E-state index in [9.17, 15) is 0 Å². The quantitative estimate of drug-likeness (QED) is 0.155. The highest BCUT2D eigenvalue weighted by molar-refractivity contribution is 6.00. The fourth-order valence-corrected chi connectivity index (χ4v) is 9.88. The van der Waals surface area contributed by atoms with Crippen LogP contribution in [-0.4, -0.2) is 19.9 Å². The largest absolute Gasteiger partial charge is 0.456 e. The molecule has 5 heteroatoms. The third-order valence-electron chi connectivity index (χ3n) is 12.8. The van der Waals surface area contributed by atoms with Crippen LogP contribution >= 0.6 is 0 Å². The number of nitrogens with one attached hydrogen (secondary N) is 3. The minimum Gasteiger partial charge on any atom is -0.456 e. The summed E-state index contributed by atoms with van der Waals surface area (Å²) in [4.78, 5) is 16.7. The van der Waals surface area contributed by atoms with Crippen LogP contribution in [0.5, 0.6) is 0 Å². The van der Waals surface area contributed by atoms with Crippen LogP contribution in [0.1, 0.15) is 67.0 Å². The van der Waals surface area contributed by atoms with Gasteiger partial charge in [-0.15, -0.1) is 0 Å². The van der Waals surface area contributed by atoms with Crippen molar-refractivity contribution >= 4 is 56.4 Å². The molecule has 5 aromatic heterocycles. The lowest BCUT2D eigenvalue weighted by Crippen LogP contribution is -1.91. The minimum atomic E-state index is 0.785. The van der Waals surface area contributed by atoms with Crippen LogP contribution in [-0.2, 0) is 0 Å². The van der Waals surface area contributed by atoms with E-state index in [0.717, 1.165) is 111 Å². The number of aryl methyl sites for hydroxylation is 6. The van der Waals surface area contributed by atoms with Crippen molar-refractivity contribution in [1.82, 2.24) is 19.9 Å². The number of rotatable bonds is 3. The van der Waals surface area contributed by atoms with Gasteiger partial charge in [0.1, 0.15) is 11.2 Å². The lowest BCUT2D eigenvalue weighted by molar-refractivity contribution is 0.668. The van der Waals surface area contributed by atoms with Crippen molar-refractivity contribution in [1.29, 1.82) is 0 Å². The van der Waals surface area contributed by atoms with Gasteiger partial charge in [-0.25, -0.2) is 4.98 Å². The van der Waals surface area contributed by atoms with E-state index in [1.807, 2.05) is 54.6 Å². The first kappa shape index (κ1) is 41.9. The SMILES string of the molecule is Cc1cc(C)c(-c2c3ccc([nH]3)c3nc(c(-c4ccc(C#Cc5ccc(C#Cc6ccccc6)cc5)cc4)c4ccc([nH]4)c4ccc([nH]4)c(-c4c(C)cc(C)cc4C)c4ccc2o4)C=C3)c(C)c1. The standard InChI is InChI=1S/C63H48N4O/c1-38-34-40(3)59(41(4)35-38)62-55-30-26-51(66-55)49-24-28-53(64-49)61(48-22-20-47(21-23-48)19-18-46-16-14-45(15-17-46)13-12-44-10-8-7-9-11-44)54-29-25-50(65-54)52-27-31-56(67-52)63(58-33-32-57(62)68-58)60-42(5)36-39(2)37-43(60)6/h7-11,14-17,20-37,64,66-67H,1-6H3. The summed E-state index contributed by atoms with van der Waals surface area (Å²) in [6, 6.07) is 52.7. The highest BCUT2D eigenvalue weighted by Crippen LogP contribution is 2.40. The number of hydrogen-bond acceptors (Lipinski definition) is 2. The van der Waals surface area contributed by atoms with Gasteiger partial charge in [0.25, 0.3) is 0 Å². The molecule has 5 aromatic carbocycles. The first-order chi connectivity index (χ1) is 33.1. The molecular formula is C63H48N4O. The molecule has 10 bridgehead atoms. The predicted octanol–water partition coefficient (Wildman–Crippen LogP) is 15.7. The van der Waals surface area contributed by atoms with Crippen molar-refractivity contribution in [3.63, 3.8) is 0 Å². The molecular weight excluding hydrogens is 829 g/mol. The Balaban J connectivity index is 1.10. The number of fused-ring (bicyclic) bond motifs is 12. The van der Waals surface area contributed by atoms with Gasteiger partial charge < -0.3 is 19.4 Å². The van der Waals surface area contributed by atoms with E-state index in [2.05, 4.69) is 189 Å². The van der Waals surface area contributed by atoms with Crippen LogP contribution in [0.3, 0.4) is 0 Å². The summed E-state index contributed by atoms with van der Waals surface area (Å²) in [5, 5.41) is 0. The molecule has 0 aliphatic carbocycles. The zero-order valence-electron chi connectivity index (χ0n) is 38.9. The average molecular weight is 877 g/mol. The fraction of sp³-hybridized carbons (Fsp3) is 0.0952. The molecule has 1 aliphatic heterocycles. The summed E-state index contributed by atoms with van der Waals surface area (Å²) in [7, 11) is 0. The topological polar surface area (TPSA) is 73.4 Å². The summed E-state index contributed by atoms with van der Waals surface area (Å²) < 4.78 is 7.12. The number of furan rings is 1. The highest BCUT2D eigenvalue weighted by Gasteiger charge is 2.19. The summed E-state index contributed by atoms with van der Waals surface area (Å²) in [5.74, 6) is 13.2. The Labute approximate surface area is 396 Å². The summed E-state index contributed by atoms with van der Waals surface area (Å²) >= 11 is 0. The van der Waals surface area contributed by atoms with Crippen LogP contribution in [0.25, 0.3) is 89.8 Å². The number of aromatic amines is 3. The molecule has 0 spiro atoms. The molecule has 0 unspecified atom stereocenters. The molecule has 68 heavy (non-hydrogen) atoms. The zero-order valence-corrected chi connectivity index (χ0v) is 38.9. The normalized spacial score (nSPS) is 11.4. The molecule has 3 N–H and O–H groups in total. The van der Waals surface area contributed by atoms with E-state index in [1.54, 1.807) is 0 Å². The van der Waals surface area contributed by atoms with Gasteiger partial charge >= 0.3 is 0 Å². The van der Waals surface area contributed by atoms with E-state index in [0.29, 0.717) is 0 Å². The number of benzene rings is 5. The second-order valence-corrected chi connectivity index (χ2v) is 17.9. The molecule has 10 aromatic rings. The van der Waals surface area contributed by atoms with Gasteiger partial charge in [-0.05, 0) is 190 Å². The molecule has 11 rings (SSSR count). The van der Waals surface area contributed by atoms with E-state index in [1.165, 1.54) is 33.4 Å². The smallest absolute Gasteiger partial charge is 0.137 e. The van der Waals surface area contributed by atoms with Crippen molar-refractivity contribution < 1.29 is 4.42 Å².